The van der Waals surface area contributed by atoms with Crippen LogP contribution in [0.1, 0.15) is 42.2 Å². The molecule has 2 rings (SSSR count). The smallest absolute Gasteiger partial charge is 0.391 e. The first-order valence-corrected chi connectivity index (χ1v) is 8.49. The summed E-state index contributed by atoms with van der Waals surface area (Å²) in [7, 11) is 1.45. The zero-order chi connectivity index (χ0) is 19.3. The predicted molar refractivity (Wildman–Crippen MR) is 90.7 cm³/mol. The molecule has 0 unspecified atom stereocenters. The Bertz CT molecular complexity index is 652. The number of aromatic nitrogens is 1. The molecule has 26 heavy (non-hydrogen) atoms. The summed E-state index contributed by atoms with van der Waals surface area (Å²) in [6.07, 6.45) is 1.38. The lowest BCUT2D eigenvalue weighted by molar-refractivity contribution is -0.200. The van der Waals surface area contributed by atoms with Crippen LogP contribution in [0.4, 0.5) is 13.2 Å². The van der Waals surface area contributed by atoms with Gasteiger partial charge in [-0.05, 0) is 31.2 Å². The third-order valence-electron chi connectivity index (χ3n) is 4.58. The summed E-state index contributed by atoms with van der Waals surface area (Å²) in [5, 5.41) is 11.8. The minimum absolute atomic E-state index is 0.0788. The molecule has 144 valence electrons. The van der Waals surface area contributed by atoms with E-state index < -0.39 is 18.0 Å². The first-order chi connectivity index (χ1) is 12.3. The summed E-state index contributed by atoms with van der Waals surface area (Å²) >= 11 is 0. The second-order valence-electron chi connectivity index (χ2n) is 6.40. The molecule has 0 spiro atoms. The van der Waals surface area contributed by atoms with Crippen molar-refractivity contribution >= 4 is 12.0 Å². The lowest BCUT2D eigenvalue weighted by Gasteiger charge is -2.34. The average molecular weight is 372 g/mol. The van der Waals surface area contributed by atoms with Crippen molar-refractivity contribution < 1.29 is 27.8 Å². The van der Waals surface area contributed by atoms with E-state index in [9.17, 15) is 18.0 Å². The molecular formula is C18H23F3N2O3. The summed E-state index contributed by atoms with van der Waals surface area (Å²) in [6, 6.07) is 1.16. The van der Waals surface area contributed by atoms with Gasteiger partial charge in [0.05, 0.1) is 31.9 Å². The van der Waals surface area contributed by atoms with Gasteiger partial charge in [0.1, 0.15) is 11.4 Å². The molecule has 1 atom stereocenters. The summed E-state index contributed by atoms with van der Waals surface area (Å²) in [5.41, 5.74) is 0.722. The van der Waals surface area contributed by atoms with Gasteiger partial charge in [0.15, 0.2) is 0 Å². The highest BCUT2D eigenvalue weighted by Gasteiger charge is 2.46. The van der Waals surface area contributed by atoms with Gasteiger partial charge in [0.25, 0.3) is 5.91 Å². The number of ether oxygens (including phenoxy) is 1. The van der Waals surface area contributed by atoms with E-state index in [1.807, 2.05) is 6.92 Å². The number of alkyl halides is 3. The van der Waals surface area contributed by atoms with Crippen molar-refractivity contribution in [2.24, 2.45) is 11.8 Å². The third-order valence-corrected chi connectivity index (χ3v) is 4.58. The highest BCUT2D eigenvalue weighted by Crippen LogP contribution is 2.45. The van der Waals surface area contributed by atoms with Crippen molar-refractivity contribution in [3.8, 4) is 5.75 Å². The van der Waals surface area contributed by atoms with E-state index >= 15 is 0 Å². The number of aliphatic hydroxyl groups excluding tert-OH is 1. The molecule has 1 aromatic heterocycles. The summed E-state index contributed by atoms with van der Waals surface area (Å²) < 4.78 is 42.8. The quantitative estimate of drug-likeness (QED) is 0.771. The number of aliphatic hydroxyl groups is 1. The number of amides is 1. The van der Waals surface area contributed by atoms with Crippen LogP contribution >= 0.6 is 0 Å². The van der Waals surface area contributed by atoms with Gasteiger partial charge in [0.2, 0.25) is 0 Å². The van der Waals surface area contributed by atoms with Gasteiger partial charge in [-0.1, -0.05) is 19.1 Å². The lowest BCUT2D eigenvalue weighted by atomic mass is 9.74. The van der Waals surface area contributed by atoms with Crippen molar-refractivity contribution in [3.05, 3.63) is 29.6 Å². The topological polar surface area (TPSA) is 71.5 Å². The number of carbonyl (C=O) groups excluding carboxylic acids is 1. The molecule has 1 aliphatic rings. The maximum Gasteiger partial charge on any atom is 0.391 e. The monoisotopic (exact) mass is 372 g/mol. The van der Waals surface area contributed by atoms with Gasteiger partial charge < -0.3 is 15.2 Å². The molecule has 1 aliphatic carbocycles. The van der Waals surface area contributed by atoms with Gasteiger partial charge in [0, 0.05) is 5.56 Å². The standard InChI is InChI=1S/C18H23F3N2O3/c1-3-14(10-24)23-17(25)15-8-12(16(26-2)9-22-15)5-4-11-6-13(7-11)18(19,20)21/h4-5,8-9,11,13-14,24H,3,6-7,10H2,1-2H3,(H,23,25)/b5-4+/t11-,13-,14-/m1/s1. The first-order valence-electron chi connectivity index (χ1n) is 8.49. The summed E-state index contributed by atoms with van der Waals surface area (Å²) in [4.78, 5) is 16.2. The number of hydrogen-bond donors (Lipinski definition) is 2. The Morgan fingerprint density at radius 2 is 2.19 bits per heavy atom. The van der Waals surface area contributed by atoms with Crippen molar-refractivity contribution in [3.63, 3.8) is 0 Å². The van der Waals surface area contributed by atoms with Crippen LogP contribution in [0, 0.1) is 11.8 Å². The molecule has 1 aromatic rings. The Morgan fingerprint density at radius 1 is 1.50 bits per heavy atom. The molecule has 5 nitrogen and oxygen atoms in total. The number of carbonyl (C=O) groups is 1. The molecular weight excluding hydrogens is 349 g/mol. The van der Waals surface area contributed by atoms with Gasteiger partial charge in [-0.2, -0.15) is 13.2 Å². The fraction of sp³-hybridized carbons (Fsp3) is 0.556. The fourth-order valence-electron chi connectivity index (χ4n) is 2.75. The Hall–Kier alpha value is -2.09. The maximum absolute atomic E-state index is 12.5. The number of methoxy groups -OCH3 is 1. The average Bonchev–Trinajstić information content (AvgIpc) is 2.56. The Kier molecular flexibility index (Phi) is 6.63. The van der Waals surface area contributed by atoms with E-state index in [0.717, 1.165) is 0 Å². The summed E-state index contributed by atoms with van der Waals surface area (Å²) in [6.45, 7) is 1.66. The molecule has 1 heterocycles. The third kappa shape index (κ3) is 4.97. The fourth-order valence-corrected chi connectivity index (χ4v) is 2.75. The van der Waals surface area contributed by atoms with E-state index in [1.165, 1.54) is 19.4 Å². The number of pyridine rings is 1. The minimum atomic E-state index is -4.13. The molecule has 0 bridgehead atoms. The summed E-state index contributed by atoms with van der Waals surface area (Å²) in [5.74, 6) is -1.37. The van der Waals surface area contributed by atoms with Gasteiger partial charge in [-0.25, -0.2) is 4.98 Å². The molecule has 1 amide bonds. The second-order valence-corrected chi connectivity index (χ2v) is 6.40. The first kappa shape index (κ1) is 20.2. The Balaban J connectivity index is 2.08. The van der Waals surface area contributed by atoms with E-state index in [4.69, 9.17) is 9.84 Å². The molecule has 0 aromatic carbocycles. The zero-order valence-corrected chi connectivity index (χ0v) is 14.7. The highest BCUT2D eigenvalue weighted by atomic mass is 19.4. The number of allylic oxidation sites excluding steroid dienone is 1. The minimum Gasteiger partial charge on any atom is -0.495 e. The molecule has 0 aliphatic heterocycles. The van der Waals surface area contributed by atoms with Gasteiger partial charge in [-0.3, -0.25) is 4.79 Å². The van der Waals surface area contributed by atoms with Crippen LogP contribution in [0.3, 0.4) is 0 Å². The molecule has 1 saturated carbocycles. The van der Waals surface area contributed by atoms with Gasteiger partial charge in [-0.15, -0.1) is 0 Å². The largest absolute Gasteiger partial charge is 0.495 e. The molecule has 0 radical (unpaired) electrons. The number of nitrogens with zero attached hydrogens (tertiary/aromatic N) is 1. The molecule has 8 heteroatoms. The number of hydrogen-bond acceptors (Lipinski definition) is 4. The van der Waals surface area contributed by atoms with Crippen molar-refractivity contribution in [2.45, 2.75) is 38.4 Å². The van der Waals surface area contributed by atoms with Gasteiger partial charge >= 0.3 is 6.18 Å². The van der Waals surface area contributed by atoms with E-state index in [2.05, 4.69) is 10.3 Å². The van der Waals surface area contributed by atoms with Crippen LogP contribution in [0.15, 0.2) is 18.3 Å². The van der Waals surface area contributed by atoms with Crippen LogP contribution in [0.2, 0.25) is 0 Å². The van der Waals surface area contributed by atoms with Crippen LogP contribution < -0.4 is 10.1 Å². The van der Waals surface area contributed by atoms with Crippen LogP contribution in [0.25, 0.3) is 6.08 Å². The van der Waals surface area contributed by atoms with Crippen LogP contribution in [-0.4, -0.2) is 41.9 Å². The SMILES string of the molecule is CC[C@H](CO)NC(=O)c1cc(/C=C/[C@H]2C[C@H](C(F)(F)F)C2)c(OC)cn1. The van der Waals surface area contributed by atoms with E-state index in [-0.39, 0.29) is 37.1 Å². The molecule has 0 saturated heterocycles. The van der Waals surface area contributed by atoms with Crippen molar-refractivity contribution in [2.75, 3.05) is 13.7 Å². The molecule has 2 N–H and O–H groups in total. The number of rotatable bonds is 7. The number of nitrogens with one attached hydrogen (secondary N) is 1. The normalized spacial score (nSPS) is 21.3. The maximum atomic E-state index is 12.5. The van der Waals surface area contributed by atoms with Crippen molar-refractivity contribution in [1.29, 1.82) is 0 Å². The lowest BCUT2D eigenvalue weighted by Crippen LogP contribution is -2.37. The Labute approximate surface area is 150 Å². The zero-order valence-electron chi connectivity index (χ0n) is 14.7. The van der Waals surface area contributed by atoms with Crippen LogP contribution in [-0.2, 0) is 0 Å². The van der Waals surface area contributed by atoms with E-state index in [0.29, 0.717) is 17.7 Å². The highest BCUT2D eigenvalue weighted by molar-refractivity contribution is 5.93. The van der Waals surface area contributed by atoms with Crippen LogP contribution in [0.5, 0.6) is 5.75 Å². The van der Waals surface area contributed by atoms with Crippen molar-refractivity contribution in [1.82, 2.24) is 10.3 Å². The Morgan fingerprint density at radius 3 is 2.73 bits per heavy atom. The molecule has 1 fully saturated rings. The predicted octanol–water partition coefficient (Wildman–Crippen LogP) is 3.19. The van der Waals surface area contributed by atoms with E-state index in [1.54, 1.807) is 12.2 Å². The number of halogens is 3. The second kappa shape index (κ2) is 8.53.